The number of amides is 1. The van der Waals surface area contributed by atoms with Gasteiger partial charge in [-0.3, -0.25) is 4.79 Å². The molecule has 0 unspecified atom stereocenters. The van der Waals surface area contributed by atoms with E-state index in [2.05, 4.69) is 15.3 Å². The van der Waals surface area contributed by atoms with E-state index in [4.69, 9.17) is 5.11 Å². The first-order valence-electron chi connectivity index (χ1n) is 5.76. The van der Waals surface area contributed by atoms with Crippen molar-refractivity contribution in [3.05, 3.63) is 53.6 Å². The highest BCUT2D eigenvalue weighted by atomic mass is 16.4. The first-order chi connectivity index (χ1) is 9.18. The Kier molecular flexibility index (Phi) is 3.92. The van der Waals surface area contributed by atoms with Gasteiger partial charge in [0.1, 0.15) is 5.69 Å². The zero-order valence-corrected chi connectivity index (χ0v) is 10.1. The van der Waals surface area contributed by atoms with Crippen LogP contribution in [0.4, 0.5) is 0 Å². The topological polar surface area (TPSA) is 95.1 Å². The number of carbonyl (C=O) groups is 2. The minimum absolute atomic E-state index is 0.259. The number of aromatic carboxylic acids is 1. The lowest BCUT2D eigenvalue weighted by Gasteiger charge is -2.06. The Hall–Kier alpha value is -2.63. The number of hydrogen-bond acceptors (Lipinski definition) is 3. The van der Waals surface area contributed by atoms with Gasteiger partial charge in [-0.25, -0.2) is 9.78 Å². The summed E-state index contributed by atoms with van der Waals surface area (Å²) in [5, 5.41) is 11.7. The average molecular weight is 259 g/mol. The van der Waals surface area contributed by atoms with Crippen LogP contribution in [0.1, 0.15) is 26.4 Å². The maximum atomic E-state index is 11.6. The molecule has 0 radical (unpaired) electrons. The lowest BCUT2D eigenvalue weighted by Crippen LogP contribution is -2.26. The number of hydrogen-bond donors (Lipinski definition) is 3. The van der Waals surface area contributed by atoms with Gasteiger partial charge in [0.25, 0.3) is 5.91 Å². The summed E-state index contributed by atoms with van der Waals surface area (Å²) in [7, 11) is 0. The van der Waals surface area contributed by atoms with Crippen molar-refractivity contribution in [3.8, 4) is 0 Å². The average Bonchev–Trinajstić information content (AvgIpc) is 2.93. The molecule has 0 bridgehead atoms. The number of carbonyl (C=O) groups excluding carboxylic acids is 1. The summed E-state index contributed by atoms with van der Waals surface area (Å²) in [5.74, 6) is -1.22. The molecule has 0 saturated carbocycles. The second-order valence-corrected chi connectivity index (χ2v) is 3.93. The van der Waals surface area contributed by atoms with Gasteiger partial charge in [0.05, 0.1) is 18.1 Å². The number of benzene rings is 1. The number of nitrogens with one attached hydrogen (secondary N) is 2. The van der Waals surface area contributed by atoms with E-state index in [0.717, 1.165) is 0 Å². The van der Waals surface area contributed by atoms with Crippen molar-refractivity contribution < 1.29 is 14.7 Å². The third-order valence-corrected chi connectivity index (χ3v) is 2.67. The molecule has 2 aromatic rings. The normalized spacial score (nSPS) is 10.1. The van der Waals surface area contributed by atoms with E-state index in [0.29, 0.717) is 24.2 Å². The fourth-order valence-electron chi connectivity index (χ4n) is 1.73. The van der Waals surface area contributed by atoms with E-state index >= 15 is 0 Å². The summed E-state index contributed by atoms with van der Waals surface area (Å²) < 4.78 is 0. The lowest BCUT2D eigenvalue weighted by molar-refractivity contribution is 0.0695. The van der Waals surface area contributed by atoms with Gasteiger partial charge >= 0.3 is 5.97 Å². The lowest BCUT2D eigenvalue weighted by atomic mass is 10.0. The number of carboxylic acids is 1. The second-order valence-electron chi connectivity index (χ2n) is 3.93. The van der Waals surface area contributed by atoms with Crippen LogP contribution in [0.15, 0.2) is 36.8 Å². The first-order valence-corrected chi connectivity index (χ1v) is 5.76. The van der Waals surface area contributed by atoms with Gasteiger partial charge in [-0.1, -0.05) is 18.2 Å². The summed E-state index contributed by atoms with van der Waals surface area (Å²) in [5.41, 5.74) is 1.34. The fraction of sp³-hybridized carbons (Fsp3) is 0.154. The summed E-state index contributed by atoms with van der Waals surface area (Å²) in [6.07, 6.45) is 3.32. The summed E-state index contributed by atoms with van der Waals surface area (Å²) >= 11 is 0. The molecule has 98 valence electrons. The zero-order chi connectivity index (χ0) is 13.7. The molecule has 2 rings (SSSR count). The number of imidazole rings is 1. The van der Waals surface area contributed by atoms with Gasteiger partial charge in [-0.15, -0.1) is 0 Å². The number of aromatic nitrogens is 2. The van der Waals surface area contributed by atoms with Gasteiger partial charge < -0.3 is 15.4 Å². The van der Waals surface area contributed by atoms with E-state index in [1.807, 2.05) is 0 Å². The Morgan fingerprint density at radius 3 is 2.79 bits per heavy atom. The largest absolute Gasteiger partial charge is 0.478 e. The third kappa shape index (κ3) is 3.19. The van der Waals surface area contributed by atoms with Crippen molar-refractivity contribution in [3.63, 3.8) is 0 Å². The molecule has 0 aliphatic rings. The number of carboxylic acid groups (broad SMARTS) is 1. The first kappa shape index (κ1) is 12.8. The number of rotatable bonds is 5. The van der Waals surface area contributed by atoms with Crippen molar-refractivity contribution in [2.24, 2.45) is 0 Å². The van der Waals surface area contributed by atoms with Crippen molar-refractivity contribution in [1.29, 1.82) is 0 Å². The molecule has 19 heavy (non-hydrogen) atoms. The molecule has 0 aliphatic carbocycles. The molecule has 1 aromatic heterocycles. The Balaban J connectivity index is 1.93. The number of aromatic amines is 1. The fourth-order valence-corrected chi connectivity index (χ4v) is 1.73. The van der Waals surface area contributed by atoms with Gasteiger partial charge in [-0.05, 0) is 18.1 Å². The van der Waals surface area contributed by atoms with Crippen LogP contribution < -0.4 is 5.32 Å². The predicted molar refractivity (Wildman–Crippen MR) is 68.0 cm³/mol. The van der Waals surface area contributed by atoms with Gasteiger partial charge in [0, 0.05) is 6.54 Å². The second kappa shape index (κ2) is 5.81. The number of H-pyrrole nitrogens is 1. The van der Waals surface area contributed by atoms with E-state index in [-0.39, 0.29) is 11.5 Å². The van der Waals surface area contributed by atoms with Crippen molar-refractivity contribution >= 4 is 11.9 Å². The quantitative estimate of drug-likeness (QED) is 0.748. The van der Waals surface area contributed by atoms with Crippen LogP contribution in [-0.4, -0.2) is 33.5 Å². The molecule has 0 saturated heterocycles. The van der Waals surface area contributed by atoms with Crippen LogP contribution in [0.3, 0.4) is 0 Å². The Bertz CT molecular complexity index is 579. The van der Waals surface area contributed by atoms with Crippen LogP contribution in [0.5, 0.6) is 0 Å². The Morgan fingerprint density at radius 2 is 2.11 bits per heavy atom. The van der Waals surface area contributed by atoms with Crippen LogP contribution in [0.2, 0.25) is 0 Å². The molecule has 1 aromatic carbocycles. The van der Waals surface area contributed by atoms with Crippen molar-refractivity contribution in [1.82, 2.24) is 15.3 Å². The Labute approximate surface area is 109 Å². The minimum Gasteiger partial charge on any atom is -0.478 e. The molecule has 0 aliphatic heterocycles. The number of nitrogens with zero attached hydrogens (tertiary/aromatic N) is 1. The van der Waals surface area contributed by atoms with E-state index in [1.54, 1.807) is 24.3 Å². The molecule has 0 fully saturated rings. The highest BCUT2D eigenvalue weighted by Gasteiger charge is 2.10. The highest BCUT2D eigenvalue weighted by molar-refractivity contribution is 5.92. The monoisotopic (exact) mass is 259 g/mol. The maximum Gasteiger partial charge on any atom is 0.335 e. The van der Waals surface area contributed by atoms with E-state index in [9.17, 15) is 9.59 Å². The molecular formula is C13H13N3O3. The molecule has 6 heteroatoms. The third-order valence-electron chi connectivity index (χ3n) is 2.67. The smallest absolute Gasteiger partial charge is 0.335 e. The van der Waals surface area contributed by atoms with Crippen molar-refractivity contribution in [2.75, 3.05) is 6.54 Å². The summed E-state index contributed by atoms with van der Waals surface area (Å²) in [6, 6.07) is 6.74. The van der Waals surface area contributed by atoms with Crippen LogP contribution in [-0.2, 0) is 6.42 Å². The molecular weight excluding hydrogens is 246 g/mol. The standard InChI is InChI=1S/C13H13N3O3/c17-12(11-7-14-8-16-11)15-6-5-9-3-1-2-4-10(9)13(18)19/h1-4,7-8H,5-6H2,(H,14,16)(H,15,17)(H,18,19). The van der Waals surface area contributed by atoms with Crippen LogP contribution in [0.25, 0.3) is 0 Å². The molecule has 1 amide bonds. The molecule has 3 N–H and O–H groups in total. The highest BCUT2D eigenvalue weighted by Crippen LogP contribution is 2.09. The minimum atomic E-state index is -0.963. The molecule has 6 nitrogen and oxygen atoms in total. The molecule has 1 heterocycles. The van der Waals surface area contributed by atoms with Gasteiger partial charge in [-0.2, -0.15) is 0 Å². The van der Waals surface area contributed by atoms with Crippen LogP contribution in [0, 0.1) is 0 Å². The van der Waals surface area contributed by atoms with Crippen molar-refractivity contribution in [2.45, 2.75) is 6.42 Å². The predicted octanol–water partition coefficient (Wildman–Crippen LogP) is 1.08. The van der Waals surface area contributed by atoms with Gasteiger partial charge in [0.2, 0.25) is 0 Å². The van der Waals surface area contributed by atoms with E-state index < -0.39 is 5.97 Å². The zero-order valence-electron chi connectivity index (χ0n) is 10.1. The molecule has 0 atom stereocenters. The van der Waals surface area contributed by atoms with Gasteiger partial charge in [0.15, 0.2) is 0 Å². The summed E-state index contributed by atoms with van der Waals surface area (Å²) in [6.45, 7) is 0.363. The Morgan fingerprint density at radius 1 is 1.32 bits per heavy atom. The van der Waals surface area contributed by atoms with E-state index in [1.165, 1.54) is 12.5 Å². The maximum absolute atomic E-state index is 11.6. The SMILES string of the molecule is O=C(NCCc1ccccc1C(=O)O)c1cnc[nH]1. The van der Waals surface area contributed by atoms with Crippen LogP contribution >= 0.6 is 0 Å². The summed E-state index contributed by atoms with van der Waals surface area (Å²) in [4.78, 5) is 29.1. The molecule has 0 spiro atoms.